The van der Waals surface area contributed by atoms with Gasteiger partial charge in [-0.05, 0) is 31.1 Å². The van der Waals surface area contributed by atoms with Gasteiger partial charge in [0.25, 0.3) is 0 Å². The minimum absolute atomic E-state index is 0.0157. The number of nitrogens with one attached hydrogen (secondary N) is 1. The molecule has 2 heterocycles. The van der Waals surface area contributed by atoms with E-state index in [1.54, 1.807) is 11.1 Å². The summed E-state index contributed by atoms with van der Waals surface area (Å²) in [6.07, 6.45) is 4.60. The number of anilines is 1. The maximum Gasteiger partial charge on any atom is 0.322 e. The summed E-state index contributed by atoms with van der Waals surface area (Å²) >= 11 is 0. The normalized spacial score (nSPS) is 21.7. The van der Waals surface area contributed by atoms with Crippen molar-refractivity contribution >= 4 is 11.7 Å². The highest BCUT2D eigenvalue weighted by Crippen LogP contribution is 2.25. The van der Waals surface area contributed by atoms with E-state index in [1.165, 1.54) is 0 Å². The standard InChI is InChI=1S/C17H30N4O2/c1-5-15-14(9-18-21(15)10-12(2)3)19-17(23)20-8-6-7-13(4)16(20)11-22/h9,12-13,16,22H,5-8,10-11H2,1-4H3,(H,19,23). The van der Waals surface area contributed by atoms with Crippen molar-refractivity contribution in [2.45, 2.75) is 59.5 Å². The summed E-state index contributed by atoms with van der Waals surface area (Å²) in [5.74, 6) is 0.833. The van der Waals surface area contributed by atoms with Gasteiger partial charge in [-0.3, -0.25) is 4.68 Å². The molecule has 1 aromatic heterocycles. The van der Waals surface area contributed by atoms with Crippen LogP contribution >= 0.6 is 0 Å². The number of rotatable bonds is 5. The second-order valence-corrected chi connectivity index (χ2v) is 6.93. The zero-order valence-corrected chi connectivity index (χ0v) is 14.7. The first kappa shape index (κ1) is 17.8. The lowest BCUT2D eigenvalue weighted by molar-refractivity contribution is 0.0811. The molecule has 1 aliphatic heterocycles. The molecular weight excluding hydrogens is 292 g/mol. The van der Waals surface area contributed by atoms with Gasteiger partial charge in [-0.2, -0.15) is 5.10 Å². The van der Waals surface area contributed by atoms with E-state index in [1.807, 2.05) is 4.68 Å². The Bertz CT molecular complexity index is 527. The quantitative estimate of drug-likeness (QED) is 0.875. The van der Waals surface area contributed by atoms with Crippen LogP contribution in [0.4, 0.5) is 10.5 Å². The molecule has 2 atom stereocenters. The monoisotopic (exact) mass is 322 g/mol. The molecule has 6 nitrogen and oxygen atoms in total. The van der Waals surface area contributed by atoms with Crippen LogP contribution in [0.15, 0.2) is 6.20 Å². The average molecular weight is 322 g/mol. The van der Waals surface area contributed by atoms with E-state index < -0.39 is 0 Å². The average Bonchev–Trinajstić information content (AvgIpc) is 2.87. The van der Waals surface area contributed by atoms with Gasteiger partial charge in [0.1, 0.15) is 0 Å². The fraction of sp³-hybridized carbons (Fsp3) is 0.765. The Labute approximate surface area is 138 Å². The van der Waals surface area contributed by atoms with Gasteiger partial charge >= 0.3 is 6.03 Å². The summed E-state index contributed by atoms with van der Waals surface area (Å²) in [6.45, 7) is 10.0. The molecule has 23 heavy (non-hydrogen) atoms. The Balaban J connectivity index is 2.12. The molecule has 130 valence electrons. The second kappa shape index (κ2) is 7.81. The number of likely N-dealkylation sites (tertiary alicyclic amines) is 1. The molecule has 1 fully saturated rings. The van der Waals surface area contributed by atoms with Gasteiger partial charge in [0.2, 0.25) is 0 Å². The Kier molecular flexibility index (Phi) is 6.04. The molecule has 0 radical (unpaired) electrons. The number of piperidine rings is 1. The van der Waals surface area contributed by atoms with Gasteiger partial charge in [0.15, 0.2) is 0 Å². The molecule has 0 aromatic carbocycles. The first-order valence-corrected chi connectivity index (χ1v) is 8.71. The van der Waals surface area contributed by atoms with Gasteiger partial charge in [-0.25, -0.2) is 4.79 Å². The van der Waals surface area contributed by atoms with Crippen molar-refractivity contribution in [2.24, 2.45) is 11.8 Å². The Hall–Kier alpha value is -1.56. The summed E-state index contributed by atoms with van der Waals surface area (Å²) < 4.78 is 1.97. The van der Waals surface area contributed by atoms with E-state index in [2.05, 4.69) is 38.1 Å². The molecule has 1 aromatic rings. The fourth-order valence-corrected chi connectivity index (χ4v) is 3.36. The van der Waals surface area contributed by atoms with E-state index in [0.29, 0.717) is 18.4 Å². The van der Waals surface area contributed by atoms with E-state index in [0.717, 1.165) is 37.2 Å². The van der Waals surface area contributed by atoms with Crippen LogP contribution < -0.4 is 5.32 Å². The van der Waals surface area contributed by atoms with Crippen LogP contribution in [0.3, 0.4) is 0 Å². The maximum absolute atomic E-state index is 12.6. The first-order valence-electron chi connectivity index (χ1n) is 8.71. The van der Waals surface area contributed by atoms with Gasteiger partial charge in [0.05, 0.1) is 30.2 Å². The molecule has 0 bridgehead atoms. The number of carbonyl (C=O) groups is 1. The number of aliphatic hydroxyl groups excluding tert-OH is 1. The van der Waals surface area contributed by atoms with Crippen molar-refractivity contribution in [1.82, 2.24) is 14.7 Å². The largest absolute Gasteiger partial charge is 0.394 e. The van der Waals surface area contributed by atoms with Crippen LogP contribution in [0.2, 0.25) is 0 Å². The third-order valence-corrected chi connectivity index (χ3v) is 4.63. The molecule has 0 saturated carbocycles. The predicted octanol–water partition coefficient (Wildman–Crippen LogP) is 2.73. The van der Waals surface area contributed by atoms with Gasteiger partial charge in [-0.15, -0.1) is 0 Å². The number of aromatic nitrogens is 2. The highest BCUT2D eigenvalue weighted by molar-refractivity contribution is 5.90. The molecule has 1 saturated heterocycles. The Morgan fingerprint density at radius 3 is 2.87 bits per heavy atom. The fourth-order valence-electron chi connectivity index (χ4n) is 3.36. The molecule has 2 amide bonds. The van der Waals surface area contributed by atoms with E-state index in [4.69, 9.17) is 0 Å². The van der Waals surface area contributed by atoms with Gasteiger partial charge < -0.3 is 15.3 Å². The summed E-state index contributed by atoms with van der Waals surface area (Å²) in [5.41, 5.74) is 1.84. The molecule has 0 aliphatic carbocycles. The lowest BCUT2D eigenvalue weighted by Gasteiger charge is -2.38. The Morgan fingerprint density at radius 1 is 1.52 bits per heavy atom. The van der Waals surface area contributed by atoms with Crippen molar-refractivity contribution in [3.05, 3.63) is 11.9 Å². The molecule has 6 heteroatoms. The molecule has 2 rings (SSSR count). The molecule has 0 spiro atoms. The highest BCUT2D eigenvalue weighted by atomic mass is 16.3. The lowest BCUT2D eigenvalue weighted by Crippen LogP contribution is -2.51. The second-order valence-electron chi connectivity index (χ2n) is 6.93. The molecule has 2 N–H and O–H groups in total. The molecular formula is C17H30N4O2. The number of aliphatic hydroxyl groups is 1. The summed E-state index contributed by atoms with van der Waals surface area (Å²) in [5, 5.41) is 17.0. The Morgan fingerprint density at radius 2 is 2.26 bits per heavy atom. The van der Waals surface area contributed by atoms with Crippen molar-refractivity contribution in [3.63, 3.8) is 0 Å². The minimum Gasteiger partial charge on any atom is -0.394 e. The molecule has 2 unspecified atom stereocenters. The van der Waals surface area contributed by atoms with Crippen LogP contribution in [0.1, 0.15) is 46.2 Å². The van der Waals surface area contributed by atoms with Crippen molar-refractivity contribution < 1.29 is 9.90 Å². The number of hydrogen-bond acceptors (Lipinski definition) is 3. The first-order chi connectivity index (χ1) is 11.0. The number of carbonyl (C=O) groups excluding carboxylic acids is 1. The summed E-state index contributed by atoms with van der Waals surface area (Å²) in [7, 11) is 0. The molecule has 1 aliphatic rings. The van der Waals surface area contributed by atoms with Crippen LogP contribution in [0.5, 0.6) is 0 Å². The smallest absolute Gasteiger partial charge is 0.322 e. The minimum atomic E-state index is -0.130. The van der Waals surface area contributed by atoms with E-state index in [9.17, 15) is 9.90 Å². The predicted molar refractivity (Wildman–Crippen MR) is 91.4 cm³/mol. The topological polar surface area (TPSA) is 70.4 Å². The van der Waals surface area contributed by atoms with Crippen molar-refractivity contribution in [2.75, 3.05) is 18.5 Å². The third-order valence-electron chi connectivity index (χ3n) is 4.63. The van der Waals surface area contributed by atoms with Crippen LogP contribution in [-0.2, 0) is 13.0 Å². The number of hydrogen-bond donors (Lipinski definition) is 2. The zero-order valence-electron chi connectivity index (χ0n) is 14.7. The van der Waals surface area contributed by atoms with Gasteiger partial charge in [0, 0.05) is 13.1 Å². The maximum atomic E-state index is 12.6. The highest BCUT2D eigenvalue weighted by Gasteiger charge is 2.31. The van der Waals surface area contributed by atoms with Gasteiger partial charge in [-0.1, -0.05) is 27.7 Å². The SMILES string of the molecule is CCc1c(NC(=O)N2CCCC(C)C2CO)cnn1CC(C)C. The number of amides is 2. The van der Waals surface area contributed by atoms with Crippen LogP contribution in [0.25, 0.3) is 0 Å². The van der Waals surface area contributed by atoms with Crippen molar-refractivity contribution in [1.29, 1.82) is 0 Å². The lowest BCUT2D eigenvalue weighted by atomic mass is 9.91. The van der Waals surface area contributed by atoms with E-state index >= 15 is 0 Å². The van der Waals surface area contributed by atoms with Crippen LogP contribution in [-0.4, -0.2) is 45.0 Å². The summed E-state index contributed by atoms with van der Waals surface area (Å²) in [6, 6.07) is -0.228. The van der Waals surface area contributed by atoms with Crippen molar-refractivity contribution in [3.8, 4) is 0 Å². The summed E-state index contributed by atoms with van der Waals surface area (Å²) in [4.78, 5) is 14.4. The van der Waals surface area contributed by atoms with Crippen LogP contribution in [0, 0.1) is 11.8 Å². The third kappa shape index (κ3) is 4.05. The van der Waals surface area contributed by atoms with E-state index in [-0.39, 0.29) is 18.7 Å². The zero-order chi connectivity index (χ0) is 17.0. The number of nitrogens with zero attached hydrogens (tertiary/aromatic N) is 3. The number of urea groups is 1.